The maximum absolute atomic E-state index is 9.82. The lowest BCUT2D eigenvalue weighted by molar-refractivity contribution is -0.140. The minimum Gasteiger partial charge on any atom is -0.466 e. The Kier molecular flexibility index (Phi) is 39.5. The maximum atomic E-state index is 9.82. The lowest BCUT2D eigenvalue weighted by atomic mass is 10.5. The van der Waals surface area contributed by atoms with Crippen LogP contribution in [0, 0.1) is 0 Å². The van der Waals surface area contributed by atoms with Crippen LogP contribution < -0.4 is 6.15 Å². The van der Waals surface area contributed by atoms with Gasteiger partial charge in [0.05, 0.1) is 6.61 Å². The van der Waals surface area contributed by atoms with E-state index in [9.17, 15) is 4.79 Å². The number of aliphatic hydroxyl groups excluding tert-OH is 2. The van der Waals surface area contributed by atoms with Gasteiger partial charge in [-0.15, -0.1) is 0 Å². The van der Waals surface area contributed by atoms with Crippen molar-refractivity contribution in [3.8, 4) is 0 Å². The van der Waals surface area contributed by atoms with Crippen molar-refractivity contribution in [2.75, 3.05) is 13.7 Å². The van der Waals surface area contributed by atoms with Gasteiger partial charge in [0.15, 0.2) is 0 Å². The summed E-state index contributed by atoms with van der Waals surface area (Å²) < 4.78 is 4.40. The largest absolute Gasteiger partial charge is 0.466 e. The summed E-state index contributed by atoms with van der Waals surface area (Å²) in [7, 11) is 1.00. The lowest BCUT2D eigenvalue weighted by Crippen LogP contribution is -1.95. The highest BCUT2D eigenvalue weighted by atomic mass is 16.5. The molecule has 0 saturated heterocycles. The molecule has 0 rings (SSSR count). The third-order valence-electron chi connectivity index (χ3n) is 0.348. The molecule has 13 heavy (non-hydrogen) atoms. The molecule has 0 aliphatic carbocycles. The van der Waals surface area contributed by atoms with Gasteiger partial charge in [-0.2, -0.15) is 0 Å². The van der Waals surface area contributed by atoms with Gasteiger partial charge in [0.25, 0.3) is 0 Å². The van der Waals surface area contributed by atoms with Gasteiger partial charge in [-0.25, -0.2) is 0 Å². The van der Waals surface area contributed by atoms with Crippen LogP contribution in [0.1, 0.15) is 27.7 Å². The first-order chi connectivity index (χ1) is 5.50. The SMILES string of the molecule is CC(C)O.CCOC(C)=O.CO.N. The third-order valence-corrected chi connectivity index (χ3v) is 0.348. The summed E-state index contributed by atoms with van der Waals surface area (Å²) in [6, 6.07) is 0. The molecule has 0 fully saturated rings. The van der Waals surface area contributed by atoms with Crippen LogP contribution in [-0.2, 0) is 9.53 Å². The van der Waals surface area contributed by atoms with Crippen LogP contribution in [0.3, 0.4) is 0 Å². The molecule has 5 heteroatoms. The summed E-state index contributed by atoms with van der Waals surface area (Å²) >= 11 is 0. The van der Waals surface area contributed by atoms with Crippen LogP contribution in [0.5, 0.6) is 0 Å². The Hall–Kier alpha value is -0.650. The number of carbonyl (C=O) groups is 1. The van der Waals surface area contributed by atoms with Crippen LogP contribution in [0.25, 0.3) is 0 Å². The predicted molar refractivity (Wildman–Crippen MR) is 52.8 cm³/mol. The molecule has 0 unspecified atom stereocenters. The van der Waals surface area contributed by atoms with Crippen molar-refractivity contribution in [3.05, 3.63) is 0 Å². The van der Waals surface area contributed by atoms with E-state index in [1.807, 2.05) is 0 Å². The first-order valence-electron chi connectivity index (χ1n) is 3.76. The summed E-state index contributed by atoms with van der Waals surface area (Å²) in [5.74, 6) is -0.211. The van der Waals surface area contributed by atoms with Crippen molar-refractivity contribution in [1.29, 1.82) is 0 Å². The number of ether oxygens (including phenoxy) is 1. The van der Waals surface area contributed by atoms with Crippen molar-refractivity contribution < 1.29 is 19.7 Å². The minimum atomic E-state index is -0.211. The van der Waals surface area contributed by atoms with E-state index in [1.54, 1.807) is 20.8 Å². The second-order valence-electron chi connectivity index (χ2n) is 2.02. The summed E-state index contributed by atoms with van der Waals surface area (Å²) in [5, 5.41) is 15.1. The number of aliphatic hydroxyl groups is 2. The monoisotopic (exact) mass is 197 g/mol. The molecule has 0 amide bonds. The minimum absolute atomic E-state index is 0. The number of carbonyl (C=O) groups excluding carboxylic acids is 1. The third kappa shape index (κ3) is 180. The van der Waals surface area contributed by atoms with Gasteiger partial charge in [-0.1, -0.05) is 0 Å². The molecule has 0 bridgehead atoms. The van der Waals surface area contributed by atoms with Crippen LogP contribution in [0.2, 0.25) is 0 Å². The van der Waals surface area contributed by atoms with E-state index in [0.717, 1.165) is 7.11 Å². The van der Waals surface area contributed by atoms with Gasteiger partial charge in [0.2, 0.25) is 0 Å². The zero-order chi connectivity index (χ0) is 10.6. The zero-order valence-electron chi connectivity index (χ0n) is 9.20. The number of hydrogen-bond donors (Lipinski definition) is 3. The van der Waals surface area contributed by atoms with Crippen LogP contribution in [-0.4, -0.2) is 36.0 Å². The van der Waals surface area contributed by atoms with Crippen LogP contribution >= 0.6 is 0 Å². The smallest absolute Gasteiger partial charge is 0.302 e. The number of esters is 1. The molecule has 0 spiro atoms. The Labute approximate surface area is 80.3 Å². The van der Waals surface area contributed by atoms with E-state index in [-0.39, 0.29) is 18.2 Å². The Bertz CT molecular complexity index is 83.5. The second-order valence-corrected chi connectivity index (χ2v) is 2.02. The molecule has 5 N–H and O–H groups in total. The van der Waals surface area contributed by atoms with Gasteiger partial charge < -0.3 is 21.1 Å². The van der Waals surface area contributed by atoms with Gasteiger partial charge >= 0.3 is 5.97 Å². The fraction of sp³-hybridized carbons (Fsp3) is 0.875. The first kappa shape index (κ1) is 22.8. The summed E-state index contributed by atoms with van der Waals surface area (Å²) in [6.07, 6.45) is -0.167. The molecule has 0 aromatic rings. The Balaban J connectivity index is -0.0000000512. The molecule has 0 aromatic heterocycles. The standard InChI is InChI=1S/C4H8O2.C3H8O.CH4O.H3N/c1-3-6-4(2)5;1-3(2)4;1-2;/h3H2,1-2H3;3-4H,1-2H3;2H,1H3;1H3. The fourth-order valence-corrected chi connectivity index (χ4v) is 0.203. The number of hydrogen-bond acceptors (Lipinski definition) is 5. The average molecular weight is 197 g/mol. The highest BCUT2D eigenvalue weighted by Crippen LogP contribution is 1.69. The Morgan fingerprint density at radius 1 is 1.38 bits per heavy atom. The van der Waals surface area contributed by atoms with E-state index < -0.39 is 0 Å². The average Bonchev–Trinajstić information content (AvgIpc) is 1.90. The summed E-state index contributed by atoms with van der Waals surface area (Å²) in [5.41, 5.74) is 0. The molecular formula is C8H23NO4. The molecule has 84 valence electrons. The molecule has 0 aromatic carbocycles. The van der Waals surface area contributed by atoms with E-state index in [4.69, 9.17) is 10.2 Å². The maximum Gasteiger partial charge on any atom is 0.302 e. The molecule has 0 aliphatic heterocycles. The van der Waals surface area contributed by atoms with E-state index >= 15 is 0 Å². The van der Waals surface area contributed by atoms with Crippen molar-refractivity contribution in [1.82, 2.24) is 6.15 Å². The zero-order valence-corrected chi connectivity index (χ0v) is 9.20. The van der Waals surface area contributed by atoms with E-state index in [2.05, 4.69) is 4.74 Å². The first-order valence-corrected chi connectivity index (χ1v) is 3.76. The van der Waals surface area contributed by atoms with E-state index in [0.29, 0.717) is 6.61 Å². The molecule has 0 radical (unpaired) electrons. The van der Waals surface area contributed by atoms with Crippen LogP contribution in [0.15, 0.2) is 0 Å². The fourth-order valence-electron chi connectivity index (χ4n) is 0.203. The second kappa shape index (κ2) is 22.5. The molecule has 5 nitrogen and oxygen atoms in total. The van der Waals surface area contributed by atoms with Crippen molar-refractivity contribution >= 4 is 5.97 Å². The number of rotatable bonds is 1. The van der Waals surface area contributed by atoms with Gasteiger partial charge in [0, 0.05) is 20.1 Å². The lowest BCUT2D eigenvalue weighted by Gasteiger charge is -1.89. The molecule has 0 atom stereocenters. The van der Waals surface area contributed by atoms with Crippen molar-refractivity contribution in [2.45, 2.75) is 33.8 Å². The quantitative estimate of drug-likeness (QED) is 0.538. The van der Waals surface area contributed by atoms with Crippen molar-refractivity contribution in [3.63, 3.8) is 0 Å². The molecule has 0 heterocycles. The predicted octanol–water partition coefficient (Wildman–Crippen LogP) is 0.727. The summed E-state index contributed by atoms with van der Waals surface area (Å²) in [4.78, 5) is 9.82. The molecule has 0 saturated carbocycles. The highest BCUT2D eigenvalue weighted by molar-refractivity contribution is 5.65. The van der Waals surface area contributed by atoms with E-state index in [1.165, 1.54) is 6.92 Å². The van der Waals surface area contributed by atoms with Gasteiger partial charge in [0.1, 0.15) is 0 Å². The topological polar surface area (TPSA) is 102 Å². The highest BCUT2D eigenvalue weighted by Gasteiger charge is 1.81. The normalized spacial score (nSPS) is 6.77. The summed E-state index contributed by atoms with van der Waals surface area (Å²) in [6.45, 7) is 7.10. The van der Waals surface area contributed by atoms with Crippen molar-refractivity contribution in [2.24, 2.45) is 0 Å². The Morgan fingerprint density at radius 3 is 1.62 bits per heavy atom. The van der Waals surface area contributed by atoms with Gasteiger partial charge in [-0.3, -0.25) is 4.79 Å². The van der Waals surface area contributed by atoms with Gasteiger partial charge in [-0.05, 0) is 20.8 Å². The molecule has 0 aliphatic rings. The Morgan fingerprint density at radius 2 is 1.62 bits per heavy atom. The molecular weight excluding hydrogens is 174 g/mol. The van der Waals surface area contributed by atoms with Crippen LogP contribution in [0.4, 0.5) is 0 Å².